The fourth-order valence-corrected chi connectivity index (χ4v) is 1.91. The zero-order valence-electron chi connectivity index (χ0n) is 11.1. The van der Waals surface area contributed by atoms with Gasteiger partial charge in [0.2, 0.25) is 0 Å². The van der Waals surface area contributed by atoms with Crippen molar-refractivity contribution in [1.29, 1.82) is 0 Å². The largest absolute Gasteiger partial charge is 0.464 e. The van der Waals surface area contributed by atoms with Gasteiger partial charge in [-0.25, -0.2) is 4.79 Å². The molecule has 2 rings (SSSR count). The molecule has 0 aliphatic heterocycles. The maximum Gasteiger partial charge on any atom is 0.354 e. The standard InChI is InChI=1S/C15H12BrNO4/c1-20-15(19)12(9-11-7-8-13(16)21-11)17-14(18)10-5-3-2-4-6-10/h2-9H,1H3,(H,17,18)/b12-9-. The zero-order chi connectivity index (χ0) is 15.2. The molecule has 2 aromatic rings. The number of hydrogen-bond acceptors (Lipinski definition) is 4. The van der Waals surface area contributed by atoms with Crippen molar-refractivity contribution in [1.82, 2.24) is 5.32 Å². The summed E-state index contributed by atoms with van der Waals surface area (Å²) in [5, 5.41) is 2.51. The monoisotopic (exact) mass is 349 g/mol. The molecule has 0 saturated carbocycles. The Hall–Kier alpha value is -2.34. The topological polar surface area (TPSA) is 68.5 Å². The van der Waals surface area contributed by atoms with Gasteiger partial charge >= 0.3 is 5.97 Å². The van der Waals surface area contributed by atoms with Crippen LogP contribution in [0.4, 0.5) is 0 Å². The number of esters is 1. The van der Waals surface area contributed by atoms with Crippen molar-refractivity contribution in [2.75, 3.05) is 7.11 Å². The van der Waals surface area contributed by atoms with Crippen LogP contribution in [0.5, 0.6) is 0 Å². The van der Waals surface area contributed by atoms with Crippen molar-refractivity contribution in [2.45, 2.75) is 0 Å². The number of halogens is 1. The fourth-order valence-electron chi connectivity index (χ4n) is 1.59. The smallest absolute Gasteiger partial charge is 0.354 e. The number of nitrogens with one attached hydrogen (secondary N) is 1. The summed E-state index contributed by atoms with van der Waals surface area (Å²) in [5.41, 5.74) is 0.432. The van der Waals surface area contributed by atoms with Gasteiger partial charge < -0.3 is 14.5 Å². The lowest BCUT2D eigenvalue weighted by atomic mass is 10.2. The highest BCUT2D eigenvalue weighted by atomic mass is 79.9. The first-order valence-electron chi connectivity index (χ1n) is 6.02. The number of hydrogen-bond donors (Lipinski definition) is 1. The van der Waals surface area contributed by atoms with E-state index in [-0.39, 0.29) is 5.70 Å². The first-order chi connectivity index (χ1) is 10.1. The van der Waals surface area contributed by atoms with E-state index >= 15 is 0 Å². The molecule has 0 spiro atoms. The first kappa shape index (κ1) is 15.1. The average Bonchev–Trinajstić information content (AvgIpc) is 2.91. The Bertz CT molecular complexity index is 676. The molecule has 0 aliphatic carbocycles. The van der Waals surface area contributed by atoms with E-state index in [1.54, 1.807) is 42.5 Å². The van der Waals surface area contributed by atoms with Gasteiger partial charge in [0.25, 0.3) is 5.91 Å². The van der Waals surface area contributed by atoms with Gasteiger partial charge in [-0.1, -0.05) is 18.2 Å². The highest BCUT2D eigenvalue weighted by molar-refractivity contribution is 9.10. The Morgan fingerprint density at radius 3 is 2.48 bits per heavy atom. The number of ether oxygens (including phenoxy) is 1. The molecule has 5 nitrogen and oxygen atoms in total. The maximum absolute atomic E-state index is 12.1. The molecular formula is C15H12BrNO4. The van der Waals surface area contributed by atoms with E-state index < -0.39 is 11.9 Å². The molecule has 0 unspecified atom stereocenters. The van der Waals surface area contributed by atoms with Crippen molar-refractivity contribution >= 4 is 33.9 Å². The number of rotatable bonds is 4. The molecule has 6 heteroatoms. The molecular weight excluding hydrogens is 338 g/mol. The molecule has 1 aromatic carbocycles. The second-order valence-electron chi connectivity index (χ2n) is 4.01. The number of carbonyl (C=O) groups is 2. The molecule has 0 fully saturated rings. The van der Waals surface area contributed by atoms with Gasteiger partial charge in [-0.05, 0) is 40.2 Å². The Morgan fingerprint density at radius 1 is 1.19 bits per heavy atom. The second kappa shape index (κ2) is 6.90. The van der Waals surface area contributed by atoms with Crippen molar-refractivity contribution in [2.24, 2.45) is 0 Å². The molecule has 1 N–H and O–H groups in total. The minimum Gasteiger partial charge on any atom is -0.464 e. The third kappa shape index (κ3) is 4.06. The van der Waals surface area contributed by atoms with E-state index in [1.165, 1.54) is 13.2 Å². The molecule has 0 aliphatic rings. The number of amides is 1. The molecule has 0 radical (unpaired) electrons. The summed E-state index contributed by atoms with van der Waals surface area (Å²) >= 11 is 3.16. The maximum atomic E-state index is 12.1. The molecule has 108 valence electrons. The third-order valence-electron chi connectivity index (χ3n) is 2.57. The summed E-state index contributed by atoms with van der Waals surface area (Å²) in [6.45, 7) is 0. The number of carbonyl (C=O) groups excluding carboxylic acids is 2. The van der Waals surface area contributed by atoms with Crippen LogP contribution in [0.15, 0.2) is 57.2 Å². The highest BCUT2D eigenvalue weighted by Crippen LogP contribution is 2.16. The molecule has 1 aromatic heterocycles. The van der Waals surface area contributed by atoms with Gasteiger partial charge in [0.15, 0.2) is 4.67 Å². The number of furan rings is 1. The summed E-state index contributed by atoms with van der Waals surface area (Å²) in [6.07, 6.45) is 1.40. The summed E-state index contributed by atoms with van der Waals surface area (Å²) in [6, 6.07) is 11.9. The summed E-state index contributed by atoms with van der Waals surface area (Å²) in [7, 11) is 1.24. The summed E-state index contributed by atoms with van der Waals surface area (Å²) in [4.78, 5) is 23.8. The van der Waals surface area contributed by atoms with Crippen molar-refractivity contribution in [3.63, 3.8) is 0 Å². The van der Waals surface area contributed by atoms with Crippen molar-refractivity contribution in [3.8, 4) is 0 Å². The minimum atomic E-state index is -0.660. The van der Waals surface area contributed by atoms with E-state index in [2.05, 4.69) is 26.0 Å². The van der Waals surface area contributed by atoms with Crippen molar-refractivity contribution in [3.05, 3.63) is 64.2 Å². The van der Waals surface area contributed by atoms with Gasteiger partial charge in [-0.15, -0.1) is 0 Å². The van der Waals surface area contributed by atoms with Gasteiger partial charge in [0.1, 0.15) is 11.5 Å². The van der Waals surface area contributed by atoms with Crippen LogP contribution in [-0.4, -0.2) is 19.0 Å². The van der Waals surface area contributed by atoms with Gasteiger partial charge in [0, 0.05) is 11.6 Å². The minimum absolute atomic E-state index is 0.00629. The SMILES string of the molecule is COC(=O)/C(=C/c1ccc(Br)o1)NC(=O)c1ccccc1. The molecule has 0 bridgehead atoms. The molecule has 1 amide bonds. The fraction of sp³-hybridized carbons (Fsp3) is 0.0667. The lowest BCUT2D eigenvalue weighted by Gasteiger charge is -2.07. The van der Waals surface area contributed by atoms with Crippen LogP contribution in [0.25, 0.3) is 6.08 Å². The zero-order valence-corrected chi connectivity index (χ0v) is 12.7. The van der Waals surface area contributed by atoms with Crippen LogP contribution >= 0.6 is 15.9 Å². The van der Waals surface area contributed by atoms with Crippen LogP contribution < -0.4 is 5.32 Å². The van der Waals surface area contributed by atoms with Crippen molar-refractivity contribution < 1.29 is 18.7 Å². The third-order valence-corrected chi connectivity index (χ3v) is 3.00. The molecule has 0 atom stereocenters. The second-order valence-corrected chi connectivity index (χ2v) is 4.79. The predicted molar refractivity (Wildman–Crippen MR) is 80.3 cm³/mol. The van der Waals surface area contributed by atoms with Crippen LogP contribution in [-0.2, 0) is 9.53 Å². The summed E-state index contributed by atoms with van der Waals surface area (Å²) < 4.78 is 10.5. The Labute approximate surface area is 129 Å². The van der Waals surface area contributed by atoms with Crippen LogP contribution in [0.2, 0.25) is 0 Å². The number of methoxy groups -OCH3 is 1. The predicted octanol–water partition coefficient (Wildman–Crippen LogP) is 2.99. The number of benzene rings is 1. The highest BCUT2D eigenvalue weighted by Gasteiger charge is 2.15. The van der Waals surface area contributed by atoms with E-state index in [0.717, 1.165) is 0 Å². The Morgan fingerprint density at radius 2 is 1.90 bits per heavy atom. The summed E-state index contributed by atoms with van der Waals surface area (Å²) in [5.74, 6) is -0.652. The van der Waals surface area contributed by atoms with Crippen LogP contribution in [0.1, 0.15) is 16.1 Å². The van der Waals surface area contributed by atoms with E-state index in [9.17, 15) is 9.59 Å². The average molecular weight is 350 g/mol. The normalized spacial score (nSPS) is 11.0. The lowest BCUT2D eigenvalue weighted by molar-refractivity contribution is -0.136. The molecule has 0 saturated heterocycles. The Balaban J connectivity index is 2.23. The van der Waals surface area contributed by atoms with Gasteiger partial charge in [-0.3, -0.25) is 4.79 Å². The molecule has 1 heterocycles. The lowest BCUT2D eigenvalue weighted by Crippen LogP contribution is -2.27. The van der Waals surface area contributed by atoms with E-state index in [1.807, 2.05) is 0 Å². The van der Waals surface area contributed by atoms with Crippen LogP contribution in [0, 0.1) is 0 Å². The van der Waals surface area contributed by atoms with Gasteiger partial charge in [-0.2, -0.15) is 0 Å². The Kier molecular flexibility index (Phi) is 4.94. The first-order valence-corrected chi connectivity index (χ1v) is 6.81. The van der Waals surface area contributed by atoms with E-state index in [0.29, 0.717) is 16.0 Å². The van der Waals surface area contributed by atoms with Crippen LogP contribution in [0.3, 0.4) is 0 Å². The quantitative estimate of drug-likeness (QED) is 0.680. The van der Waals surface area contributed by atoms with E-state index in [4.69, 9.17) is 4.42 Å². The molecule has 21 heavy (non-hydrogen) atoms. The van der Waals surface area contributed by atoms with Gasteiger partial charge in [0.05, 0.1) is 7.11 Å².